The molecule has 3 nitrogen and oxygen atoms in total. The molecule has 1 aliphatic rings. The van der Waals surface area contributed by atoms with Crippen molar-refractivity contribution in [2.75, 3.05) is 0 Å². The molecule has 0 aliphatic carbocycles. The van der Waals surface area contributed by atoms with Crippen LogP contribution in [0.5, 0.6) is 0 Å². The van der Waals surface area contributed by atoms with Crippen molar-refractivity contribution in [1.82, 2.24) is 0 Å². The lowest BCUT2D eigenvalue weighted by atomic mass is 10.00. The van der Waals surface area contributed by atoms with Crippen LogP contribution in [0.2, 0.25) is 5.02 Å². The minimum atomic E-state index is -0.0998. The van der Waals surface area contributed by atoms with Gasteiger partial charge in [0, 0.05) is 16.3 Å². The smallest absolute Gasteiger partial charge is 0.159 e. The van der Waals surface area contributed by atoms with Crippen molar-refractivity contribution in [1.29, 1.82) is 0 Å². The predicted octanol–water partition coefficient (Wildman–Crippen LogP) is 3.31. The number of hydrogen-bond donors (Lipinski definition) is 1. The summed E-state index contributed by atoms with van der Waals surface area (Å²) in [5, 5.41) is 1.06. The highest BCUT2D eigenvalue weighted by Gasteiger charge is 2.27. The Bertz CT molecular complexity index is 549. The fraction of sp³-hybridized carbons (Fsp3) is 0.231. The predicted molar refractivity (Wildman–Crippen MR) is 76.8 cm³/mol. The van der Waals surface area contributed by atoms with Crippen LogP contribution < -0.4 is 5.73 Å². The number of carbonyl (C=O) groups is 1. The van der Waals surface area contributed by atoms with Crippen molar-refractivity contribution in [3.63, 3.8) is 0 Å². The van der Waals surface area contributed by atoms with E-state index in [1.165, 1.54) is 11.8 Å². The van der Waals surface area contributed by atoms with E-state index in [1.807, 2.05) is 31.2 Å². The van der Waals surface area contributed by atoms with E-state index in [2.05, 4.69) is 4.99 Å². The molecule has 1 aromatic carbocycles. The first kappa shape index (κ1) is 13.2. The summed E-state index contributed by atoms with van der Waals surface area (Å²) in [6.07, 6.45) is 0. The molecule has 0 fully saturated rings. The van der Waals surface area contributed by atoms with Gasteiger partial charge in [0.2, 0.25) is 0 Å². The lowest BCUT2D eigenvalue weighted by molar-refractivity contribution is -0.113. The summed E-state index contributed by atoms with van der Waals surface area (Å²) in [7, 11) is 0. The van der Waals surface area contributed by atoms with Gasteiger partial charge in [0.05, 0.1) is 5.25 Å². The molecule has 0 aromatic heterocycles. The number of nitrogens with zero attached hydrogens (tertiary/aromatic N) is 1. The summed E-state index contributed by atoms with van der Waals surface area (Å²) in [6, 6.07) is 7.45. The maximum atomic E-state index is 11.8. The van der Waals surface area contributed by atoms with Gasteiger partial charge in [0.25, 0.3) is 0 Å². The molecule has 1 aliphatic heterocycles. The number of carbonyl (C=O) groups excluding carboxylic acids is 1. The Balaban J connectivity index is 2.47. The van der Waals surface area contributed by atoms with Crippen LogP contribution in [0.3, 0.4) is 0 Å². The highest BCUT2D eigenvalue weighted by molar-refractivity contribution is 8.14. The summed E-state index contributed by atoms with van der Waals surface area (Å²) in [5.74, 6) is 0.0243. The minimum absolute atomic E-state index is 0.0243. The monoisotopic (exact) mass is 280 g/mol. The van der Waals surface area contributed by atoms with Gasteiger partial charge in [-0.05, 0) is 31.5 Å². The molecular formula is C13H13ClN2OS. The number of amidine groups is 1. The lowest BCUT2D eigenvalue weighted by Gasteiger charge is -2.23. The third kappa shape index (κ3) is 2.60. The van der Waals surface area contributed by atoms with E-state index in [4.69, 9.17) is 17.3 Å². The third-order valence-electron chi connectivity index (χ3n) is 2.72. The number of allylic oxidation sites excluding steroid dienone is 1. The zero-order valence-corrected chi connectivity index (χ0v) is 11.7. The van der Waals surface area contributed by atoms with Crippen molar-refractivity contribution >= 4 is 34.3 Å². The zero-order valence-electron chi connectivity index (χ0n) is 10.1. The first-order valence-electron chi connectivity index (χ1n) is 5.47. The quantitative estimate of drug-likeness (QED) is 0.904. The normalized spacial score (nSPS) is 19.7. The third-order valence-corrected chi connectivity index (χ3v) is 4.05. The molecule has 5 heteroatoms. The molecule has 0 bridgehead atoms. The molecule has 2 N–H and O–H groups in total. The van der Waals surface area contributed by atoms with Gasteiger partial charge in [-0.1, -0.05) is 35.5 Å². The Morgan fingerprint density at radius 2 is 2.00 bits per heavy atom. The van der Waals surface area contributed by atoms with Gasteiger partial charge in [-0.3, -0.25) is 4.79 Å². The van der Waals surface area contributed by atoms with Crippen LogP contribution in [-0.4, -0.2) is 11.0 Å². The molecule has 0 saturated carbocycles. The number of Topliss-reactive ketones (excluding diaryl/α,β-unsaturated/α-hetero) is 1. The van der Waals surface area contributed by atoms with Gasteiger partial charge < -0.3 is 5.73 Å². The van der Waals surface area contributed by atoms with E-state index in [1.54, 1.807) is 6.92 Å². The summed E-state index contributed by atoms with van der Waals surface area (Å²) >= 11 is 7.26. The Kier molecular flexibility index (Phi) is 3.78. The average Bonchev–Trinajstić information content (AvgIpc) is 2.28. The van der Waals surface area contributed by atoms with E-state index in [0.717, 1.165) is 5.56 Å². The van der Waals surface area contributed by atoms with Crippen LogP contribution in [-0.2, 0) is 4.79 Å². The Morgan fingerprint density at radius 3 is 2.56 bits per heavy atom. The van der Waals surface area contributed by atoms with Crippen LogP contribution in [0, 0.1) is 0 Å². The second kappa shape index (κ2) is 5.16. The number of halogens is 1. The topological polar surface area (TPSA) is 55.5 Å². The number of aliphatic imine (C=N–C) groups is 1. The van der Waals surface area contributed by atoms with E-state index in [9.17, 15) is 4.79 Å². The van der Waals surface area contributed by atoms with Crippen LogP contribution >= 0.6 is 23.4 Å². The van der Waals surface area contributed by atoms with Crippen LogP contribution in [0.15, 0.2) is 40.5 Å². The van der Waals surface area contributed by atoms with Gasteiger partial charge in [-0.15, -0.1) is 0 Å². The van der Waals surface area contributed by atoms with E-state index in [0.29, 0.717) is 21.5 Å². The van der Waals surface area contributed by atoms with Gasteiger partial charge in [0.15, 0.2) is 11.0 Å². The van der Waals surface area contributed by atoms with E-state index in [-0.39, 0.29) is 11.0 Å². The molecule has 94 valence electrons. The number of nitrogens with two attached hydrogens (primary N) is 1. The first-order valence-corrected chi connectivity index (χ1v) is 6.73. The molecular weight excluding hydrogens is 268 g/mol. The Hall–Kier alpha value is -1.26. The molecule has 1 heterocycles. The van der Waals surface area contributed by atoms with Crippen LogP contribution in [0.1, 0.15) is 24.7 Å². The van der Waals surface area contributed by atoms with Gasteiger partial charge in [-0.2, -0.15) is 0 Å². The first-order chi connectivity index (χ1) is 8.49. The number of rotatable bonds is 2. The highest BCUT2D eigenvalue weighted by atomic mass is 35.5. The van der Waals surface area contributed by atoms with Gasteiger partial charge >= 0.3 is 0 Å². The molecule has 0 radical (unpaired) electrons. The minimum Gasteiger partial charge on any atom is -0.378 e. The number of ketones is 1. The number of thioether (sulfide) groups is 1. The van der Waals surface area contributed by atoms with Crippen molar-refractivity contribution in [3.8, 4) is 0 Å². The Labute approximate surface area is 115 Å². The standard InChI is InChI=1S/C13H13ClN2OS/c1-7-11(8(2)17)12(18-13(15)16-7)9-3-5-10(14)6-4-9/h3-6,12H,1-2H3,(H2,15,16). The maximum absolute atomic E-state index is 11.8. The van der Waals surface area contributed by atoms with Crippen LogP contribution in [0.25, 0.3) is 0 Å². The summed E-state index contributed by atoms with van der Waals surface area (Å²) < 4.78 is 0. The number of benzene rings is 1. The van der Waals surface area contributed by atoms with Crippen molar-refractivity contribution < 1.29 is 4.79 Å². The second-order valence-corrected chi connectivity index (χ2v) is 5.62. The SMILES string of the molecule is CC(=O)C1=C(C)N=C(N)SC1c1ccc(Cl)cc1. The molecule has 0 amide bonds. The fourth-order valence-electron chi connectivity index (χ4n) is 1.93. The number of hydrogen-bond acceptors (Lipinski definition) is 4. The molecule has 1 atom stereocenters. The second-order valence-electron chi connectivity index (χ2n) is 4.05. The molecule has 2 rings (SSSR count). The molecule has 1 aromatic rings. The summed E-state index contributed by atoms with van der Waals surface area (Å²) in [5.41, 5.74) is 8.19. The molecule has 0 spiro atoms. The van der Waals surface area contributed by atoms with E-state index >= 15 is 0 Å². The van der Waals surface area contributed by atoms with Crippen LogP contribution in [0.4, 0.5) is 0 Å². The summed E-state index contributed by atoms with van der Waals surface area (Å²) in [6.45, 7) is 3.37. The van der Waals surface area contributed by atoms with Crippen molar-refractivity contribution in [2.24, 2.45) is 10.7 Å². The highest BCUT2D eigenvalue weighted by Crippen LogP contribution is 2.41. The molecule has 0 saturated heterocycles. The van der Waals surface area contributed by atoms with Crippen molar-refractivity contribution in [2.45, 2.75) is 19.1 Å². The molecule has 18 heavy (non-hydrogen) atoms. The zero-order chi connectivity index (χ0) is 13.3. The Morgan fingerprint density at radius 1 is 1.39 bits per heavy atom. The fourth-order valence-corrected chi connectivity index (χ4v) is 3.24. The largest absolute Gasteiger partial charge is 0.378 e. The summed E-state index contributed by atoms with van der Waals surface area (Å²) in [4.78, 5) is 15.9. The van der Waals surface area contributed by atoms with E-state index < -0.39 is 0 Å². The maximum Gasteiger partial charge on any atom is 0.159 e. The lowest BCUT2D eigenvalue weighted by Crippen LogP contribution is -2.19. The van der Waals surface area contributed by atoms with Gasteiger partial charge in [-0.25, -0.2) is 4.99 Å². The molecule has 1 unspecified atom stereocenters. The average molecular weight is 281 g/mol. The van der Waals surface area contributed by atoms with Crippen molar-refractivity contribution in [3.05, 3.63) is 46.1 Å². The van der Waals surface area contributed by atoms with Gasteiger partial charge in [0.1, 0.15) is 0 Å².